The Morgan fingerprint density at radius 1 is 0.791 bits per heavy atom. The monoisotopic (exact) mass is 566 g/mol. The van der Waals surface area contributed by atoms with Crippen molar-refractivity contribution >= 4 is 33.6 Å². The fourth-order valence-electron chi connectivity index (χ4n) is 7.00. The highest BCUT2D eigenvalue weighted by atomic mass is 15.2. The van der Waals surface area contributed by atoms with Gasteiger partial charge in [0.1, 0.15) is 6.54 Å². The average molecular weight is 567 g/mol. The van der Waals surface area contributed by atoms with Gasteiger partial charge in [-0.05, 0) is 56.2 Å². The summed E-state index contributed by atoms with van der Waals surface area (Å²) >= 11 is 0. The highest BCUT2D eigenvalue weighted by molar-refractivity contribution is 6.04. The number of rotatable bonds is 8. The molecule has 1 aromatic heterocycles. The summed E-state index contributed by atoms with van der Waals surface area (Å²) in [6, 6.07) is 30.5. The predicted octanol–water partition coefficient (Wildman–Crippen LogP) is 9.75. The minimum absolute atomic E-state index is 0.0876. The van der Waals surface area contributed by atoms with Gasteiger partial charge in [-0.2, -0.15) is 4.58 Å². The number of anilines is 1. The Morgan fingerprint density at radius 3 is 2.30 bits per heavy atom. The molecule has 0 spiro atoms. The minimum atomic E-state index is -0.0876. The van der Waals surface area contributed by atoms with Crippen LogP contribution in [0.15, 0.2) is 115 Å². The highest BCUT2D eigenvalue weighted by Crippen LogP contribution is 2.47. The summed E-state index contributed by atoms with van der Waals surface area (Å²) in [5.41, 5.74) is 11.0. The molecule has 218 valence electrons. The van der Waals surface area contributed by atoms with E-state index in [4.69, 9.17) is 4.98 Å². The molecule has 0 radical (unpaired) electrons. The maximum Gasteiger partial charge on any atom is 0.209 e. The second kappa shape index (κ2) is 11.4. The first-order valence-corrected chi connectivity index (χ1v) is 15.9. The number of para-hydroxylation sites is 3. The van der Waals surface area contributed by atoms with Crippen LogP contribution in [0.1, 0.15) is 71.2 Å². The quantitative estimate of drug-likeness (QED) is 0.156. The van der Waals surface area contributed by atoms with Crippen LogP contribution in [0.4, 0.5) is 11.4 Å². The van der Waals surface area contributed by atoms with Crippen molar-refractivity contribution in [1.29, 1.82) is 0 Å². The van der Waals surface area contributed by atoms with Crippen molar-refractivity contribution in [1.82, 2.24) is 4.98 Å². The minimum Gasteiger partial charge on any atom is -0.344 e. The first-order chi connectivity index (χ1) is 20.8. The number of hydrogen-bond donors (Lipinski definition) is 0. The van der Waals surface area contributed by atoms with Gasteiger partial charge in [-0.25, -0.2) is 4.98 Å². The molecule has 3 aromatic carbocycles. The zero-order valence-electron chi connectivity index (χ0n) is 26.6. The molecular formula is C40H44N3+. The molecule has 0 saturated carbocycles. The Bertz CT molecular complexity index is 1800. The van der Waals surface area contributed by atoms with Crippen LogP contribution in [-0.4, -0.2) is 28.4 Å². The lowest BCUT2D eigenvalue weighted by Crippen LogP contribution is -2.27. The summed E-state index contributed by atoms with van der Waals surface area (Å²) in [4.78, 5) is 7.65. The molecule has 0 amide bonds. The lowest BCUT2D eigenvalue weighted by atomic mass is 9.81. The SMILES string of the molecule is CCCN1/C(=C/C=C(/C=C/C2=[N+](CCC)c3ccccc3C2(C)C)c2ccc3ccccc3n2)C(C)(C)c2ccccc21. The third kappa shape index (κ3) is 5.05. The van der Waals surface area contributed by atoms with Crippen molar-refractivity contribution in [2.45, 2.75) is 65.2 Å². The van der Waals surface area contributed by atoms with Crippen LogP contribution in [0.2, 0.25) is 0 Å². The zero-order valence-corrected chi connectivity index (χ0v) is 26.6. The summed E-state index contributed by atoms with van der Waals surface area (Å²) in [7, 11) is 0. The fourth-order valence-corrected chi connectivity index (χ4v) is 7.00. The summed E-state index contributed by atoms with van der Waals surface area (Å²) in [6.07, 6.45) is 11.4. The van der Waals surface area contributed by atoms with Crippen molar-refractivity contribution in [3.05, 3.63) is 132 Å². The molecule has 0 saturated heterocycles. The summed E-state index contributed by atoms with van der Waals surface area (Å²) in [5, 5.41) is 1.16. The van der Waals surface area contributed by atoms with E-state index in [-0.39, 0.29) is 10.8 Å². The average Bonchev–Trinajstić information content (AvgIpc) is 3.36. The molecule has 6 rings (SSSR count). The van der Waals surface area contributed by atoms with Crippen LogP contribution < -0.4 is 4.90 Å². The van der Waals surface area contributed by atoms with E-state index in [1.165, 1.54) is 33.9 Å². The normalized spacial score (nSPS) is 18.2. The topological polar surface area (TPSA) is 19.1 Å². The van der Waals surface area contributed by atoms with Gasteiger partial charge in [-0.3, -0.25) is 0 Å². The number of aromatic nitrogens is 1. The second-order valence-electron chi connectivity index (χ2n) is 12.9. The van der Waals surface area contributed by atoms with Crippen LogP contribution in [0, 0.1) is 0 Å². The van der Waals surface area contributed by atoms with E-state index in [0.29, 0.717) is 0 Å². The van der Waals surface area contributed by atoms with Crippen molar-refractivity contribution in [3.8, 4) is 0 Å². The van der Waals surface area contributed by atoms with Gasteiger partial charge in [-0.1, -0.05) is 94.4 Å². The summed E-state index contributed by atoms with van der Waals surface area (Å²) in [5.74, 6) is 0. The first-order valence-electron chi connectivity index (χ1n) is 15.9. The van der Waals surface area contributed by atoms with Crippen molar-refractivity contribution in [2.24, 2.45) is 0 Å². The number of pyridine rings is 1. The maximum atomic E-state index is 5.14. The van der Waals surface area contributed by atoms with E-state index >= 15 is 0 Å². The Labute approximate surface area is 257 Å². The van der Waals surface area contributed by atoms with Gasteiger partial charge < -0.3 is 4.90 Å². The van der Waals surface area contributed by atoms with E-state index in [9.17, 15) is 0 Å². The van der Waals surface area contributed by atoms with E-state index in [1.54, 1.807) is 0 Å². The molecule has 3 heteroatoms. The number of hydrogen-bond acceptors (Lipinski definition) is 2. The molecule has 0 fully saturated rings. The lowest BCUT2D eigenvalue weighted by molar-refractivity contribution is -0.437. The molecule has 2 aliphatic rings. The van der Waals surface area contributed by atoms with Gasteiger partial charge in [0.05, 0.1) is 16.6 Å². The standard InChI is InChI=1S/C40H44N3/c1-7-27-42-35-19-13-10-16-31(35)39(3,4)37(42)25-22-30(34-24-21-29-15-9-12-18-33(29)41-34)23-26-38-40(5,6)32-17-11-14-20-36(32)43(38)28-8-2/h9-26H,7-8,27-28H2,1-6H3/q+1. The fraction of sp³-hybridized carbons (Fsp3) is 0.300. The zero-order chi connectivity index (χ0) is 30.2. The molecular weight excluding hydrogens is 522 g/mol. The second-order valence-corrected chi connectivity index (χ2v) is 12.9. The van der Waals surface area contributed by atoms with Crippen LogP contribution in [0.5, 0.6) is 0 Å². The molecule has 2 aliphatic heterocycles. The van der Waals surface area contributed by atoms with Gasteiger partial charge in [0, 0.05) is 58.4 Å². The molecule has 0 atom stereocenters. The molecule has 0 unspecified atom stereocenters. The number of fused-ring (bicyclic) bond motifs is 3. The van der Waals surface area contributed by atoms with E-state index in [0.717, 1.165) is 48.1 Å². The Morgan fingerprint density at radius 2 is 1.51 bits per heavy atom. The maximum absolute atomic E-state index is 5.14. The van der Waals surface area contributed by atoms with Gasteiger partial charge >= 0.3 is 0 Å². The van der Waals surface area contributed by atoms with Crippen LogP contribution in [0.25, 0.3) is 16.5 Å². The molecule has 4 aromatic rings. The van der Waals surface area contributed by atoms with Crippen molar-refractivity contribution in [3.63, 3.8) is 0 Å². The molecule has 0 N–H and O–H groups in total. The third-order valence-electron chi connectivity index (χ3n) is 9.23. The largest absolute Gasteiger partial charge is 0.344 e. The Kier molecular flexibility index (Phi) is 7.68. The molecule has 43 heavy (non-hydrogen) atoms. The molecule has 3 nitrogen and oxygen atoms in total. The summed E-state index contributed by atoms with van der Waals surface area (Å²) in [6.45, 7) is 15.9. The molecule has 3 heterocycles. The van der Waals surface area contributed by atoms with E-state index in [1.807, 2.05) is 0 Å². The van der Waals surface area contributed by atoms with Gasteiger partial charge in [0.15, 0.2) is 5.71 Å². The molecule has 0 bridgehead atoms. The van der Waals surface area contributed by atoms with Crippen LogP contribution in [0.3, 0.4) is 0 Å². The van der Waals surface area contributed by atoms with Crippen LogP contribution in [-0.2, 0) is 10.8 Å². The van der Waals surface area contributed by atoms with Gasteiger partial charge in [-0.15, -0.1) is 0 Å². The Hall–Kier alpha value is -4.24. The third-order valence-corrected chi connectivity index (χ3v) is 9.23. The highest BCUT2D eigenvalue weighted by Gasteiger charge is 2.44. The van der Waals surface area contributed by atoms with Crippen molar-refractivity contribution < 1.29 is 4.58 Å². The number of allylic oxidation sites excluding steroid dienone is 6. The smallest absolute Gasteiger partial charge is 0.209 e. The van der Waals surface area contributed by atoms with Gasteiger partial charge in [0.2, 0.25) is 5.69 Å². The first kappa shape index (κ1) is 28.9. The summed E-state index contributed by atoms with van der Waals surface area (Å²) < 4.78 is 2.51. The Balaban J connectivity index is 1.50. The van der Waals surface area contributed by atoms with E-state index in [2.05, 4.69) is 160 Å². The van der Waals surface area contributed by atoms with Crippen molar-refractivity contribution in [2.75, 3.05) is 18.0 Å². The lowest BCUT2D eigenvalue weighted by Gasteiger charge is -2.26. The number of nitrogens with zero attached hydrogens (tertiary/aromatic N) is 3. The van der Waals surface area contributed by atoms with Crippen LogP contribution >= 0.6 is 0 Å². The van der Waals surface area contributed by atoms with Gasteiger partial charge in [0.25, 0.3) is 0 Å². The predicted molar refractivity (Wildman–Crippen MR) is 184 cm³/mol. The molecule has 0 aliphatic carbocycles. The van der Waals surface area contributed by atoms with E-state index < -0.39 is 0 Å². The number of benzene rings is 3.